The zero-order valence-corrected chi connectivity index (χ0v) is 12.8. The lowest BCUT2D eigenvalue weighted by Crippen LogP contribution is -2.12. The van der Waals surface area contributed by atoms with Crippen molar-refractivity contribution in [2.75, 3.05) is 11.3 Å². The molecule has 21 heavy (non-hydrogen) atoms. The van der Waals surface area contributed by atoms with Crippen molar-refractivity contribution in [3.63, 3.8) is 0 Å². The lowest BCUT2D eigenvalue weighted by atomic mass is 10.4. The van der Waals surface area contributed by atoms with Crippen LogP contribution < -0.4 is 4.72 Å². The minimum absolute atomic E-state index is 0.0292. The van der Waals surface area contributed by atoms with Crippen LogP contribution in [0.25, 0.3) is 0 Å². The van der Waals surface area contributed by atoms with Gasteiger partial charge in [0.15, 0.2) is 0 Å². The van der Waals surface area contributed by atoms with Gasteiger partial charge in [0.2, 0.25) is 5.13 Å². The first-order valence-electron chi connectivity index (χ1n) is 6.07. The molecule has 0 aliphatic heterocycles. The minimum Gasteiger partial charge on any atom is -0.466 e. The quantitative estimate of drug-likeness (QED) is 0.806. The molecule has 1 heterocycles. The second kappa shape index (κ2) is 6.64. The number of carbonyl (C=O) groups excluding carboxylic acids is 1. The predicted octanol–water partition coefficient (Wildman–Crippen LogP) is 1.44. The van der Waals surface area contributed by atoms with Crippen LogP contribution in [-0.2, 0) is 26.0 Å². The first-order valence-corrected chi connectivity index (χ1v) is 8.37. The van der Waals surface area contributed by atoms with Gasteiger partial charge in [-0.3, -0.25) is 9.52 Å². The number of rotatable bonds is 6. The largest absolute Gasteiger partial charge is 0.466 e. The van der Waals surface area contributed by atoms with Gasteiger partial charge in [-0.15, -0.1) is 10.2 Å². The van der Waals surface area contributed by atoms with Crippen molar-refractivity contribution >= 4 is 32.5 Å². The lowest BCUT2D eigenvalue weighted by Gasteiger charge is -2.03. The lowest BCUT2D eigenvalue weighted by molar-refractivity contribution is -0.142. The van der Waals surface area contributed by atoms with E-state index in [1.165, 1.54) is 12.1 Å². The van der Waals surface area contributed by atoms with Gasteiger partial charge >= 0.3 is 5.97 Å². The molecule has 0 radical (unpaired) electrons. The molecule has 2 rings (SSSR count). The van der Waals surface area contributed by atoms with E-state index in [1.807, 2.05) is 0 Å². The number of hydrogen-bond donors (Lipinski definition) is 1. The summed E-state index contributed by atoms with van der Waals surface area (Å²) in [5, 5.41) is 7.97. The fourth-order valence-electron chi connectivity index (χ4n) is 1.48. The molecule has 7 nitrogen and oxygen atoms in total. The van der Waals surface area contributed by atoms with Crippen molar-refractivity contribution in [1.82, 2.24) is 10.2 Å². The number of carbonyl (C=O) groups is 1. The van der Waals surface area contributed by atoms with Gasteiger partial charge < -0.3 is 4.74 Å². The molecule has 0 unspecified atom stereocenters. The van der Waals surface area contributed by atoms with Crippen molar-refractivity contribution in [3.05, 3.63) is 35.3 Å². The van der Waals surface area contributed by atoms with E-state index in [2.05, 4.69) is 14.9 Å². The maximum Gasteiger partial charge on any atom is 0.312 e. The van der Waals surface area contributed by atoms with Crippen LogP contribution in [-0.4, -0.2) is 31.2 Å². The number of benzene rings is 1. The van der Waals surface area contributed by atoms with Crippen molar-refractivity contribution in [2.24, 2.45) is 0 Å². The highest BCUT2D eigenvalue weighted by atomic mass is 32.2. The van der Waals surface area contributed by atoms with Crippen molar-refractivity contribution in [3.8, 4) is 0 Å². The molecule has 0 spiro atoms. The normalized spacial score (nSPS) is 11.1. The molecule has 0 aliphatic carbocycles. The van der Waals surface area contributed by atoms with E-state index in [0.717, 1.165) is 11.3 Å². The summed E-state index contributed by atoms with van der Waals surface area (Å²) in [4.78, 5) is 11.4. The zero-order valence-electron chi connectivity index (χ0n) is 11.1. The Morgan fingerprint density at radius 1 is 1.29 bits per heavy atom. The predicted molar refractivity (Wildman–Crippen MR) is 77.5 cm³/mol. The average molecular weight is 327 g/mol. The second-order valence-electron chi connectivity index (χ2n) is 3.90. The van der Waals surface area contributed by atoms with E-state index in [4.69, 9.17) is 4.74 Å². The van der Waals surface area contributed by atoms with Gasteiger partial charge in [0.1, 0.15) is 5.01 Å². The van der Waals surface area contributed by atoms with Crippen LogP contribution in [0.1, 0.15) is 11.9 Å². The molecule has 0 bridgehead atoms. The minimum atomic E-state index is -3.70. The maximum atomic E-state index is 12.1. The van der Waals surface area contributed by atoms with Crippen LogP contribution in [0.5, 0.6) is 0 Å². The van der Waals surface area contributed by atoms with Gasteiger partial charge in [-0.1, -0.05) is 29.5 Å². The third-order valence-electron chi connectivity index (χ3n) is 2.34. The number of ether oxygens (including phenoxy) is 1. The summed E-state index contributed by atoms with van der Waals surface area (Å²) in [5.74, 6) is -0.425. The van der Waals surface area contributed by atoms with E-state index in [0.29, 0.717) is 5.01 Å². The fourth-order valence-corrected chi connectivity index (χ4v) is 3.45. The molecule has 0 saturated heterocycles. The number of nitrogens with zero attached hydrogens (tertiary/aromatic N) is 2. The summed E-state index contributed by atoms with van der Waals surface area (Å²) in [5.41, 5.74) is 0. The molecule has 1 aromatic heterocycles. The SMILES string of the molecule is CCOC(=O)Cc1nnc(NS(=O)(=O)c2ccccc2)s1. The number of esters is 1. The molecule has 1 aromatic carbocycles. The molecular formula is C12H13N3O4S2. The topological polar surface area (TPSA) is 98.2 Å². The molecule has 1 N–H and O–H groups in total. The third-order valence-corrected chi connectivity index (χ3v) is 4.67. The van der Waals surface area contributed by atoms with Crippen LogP contribution >= 0.6 is 11.3 Å². The van der Waals surface area contributed by atoms with Crippen LogP contribution in [0, 0.1) is 0 Å². The van der Waals surface area contributed by atoms with Gasteiger partial charge in [0.25, 0.3) is 10.0 Å². The number of aromatic nitrogens is 2. The first kappa shape index (κ1) is 15.4. The van der Waals surface area contributed by atoms with Crippen LogP contribution in [0.3, 0.4) is 0 Å². The Morgan fingerprint density at radius 3 is 2.67 bits per heavy atom. The highest BCUT2D eigenvalue weighted by Crippen LogP contribution is 2.20. The summed E-state index contributed by atoms with van der Waals surface area (Å²) in [7, 11) is -3.70. The van der Waals surface area contributed by atoms with Gasteiger partial charge in [-0.25, -0.2) is 8.42 Å². The van der Waals surface area contributed by atoms with Gasteiger partial charge in [-0.2, -0.15) is 0 Å². The smallest absolute Gasteiger partial charge is 0.312 e. The summed E-state index contributed by atoms with van der Waals surface area (Å²) < 4.78 is 31.3. The van der Waals surface area contributed by atoms with E-state index in [9.17, 15) is 13.2 Å². The highest BCUT2D eigenvalue weighted by Gasteiger charge is 2.17. The Hall–Kier alpha value is -2.00. The third kappa shape index (κ3) is 4.23. The second-order valence-corrected chi connectivity index (χ2v) is 6.65. The molecule has 0 saturated carbocycles. The number of hydrogen-bond acceptors (Lipinski definition) is 7. The fraction of sp³-hybridized carbons (Fsp3) is 0.250. The molecule has 112 valence electrons. The number of anilines is 1. The average Bonchev–Trinajstić information content (AvgIpc) is 2.86. The van der Waals surface area contributed by atoms with Crippen LogP contribution in [0.15, 0.2) is 35.2 Å². The van der Waals surface area contributed by atoms with Crippen molar-refractivity contribution in [2.45, 2.75) is 18.2 Å². The standard InChI is InChI=1S/C12H13N3O4S2/c1-2-19-11(16)8-10-13-14-12(20-10)15-21(17,18)9-6-4-3-5-7-9/h3-7H,2,8H2,1H3,(H,14,15). The Bertz CT molecular complexity index is 713. The number of nitrogens with one attached hydrogen (secondary N) is 1. The van der Waals surface area contributed by atoms with Crippen molar-refractivity contribution in [1.29, 1.82) is 0 Å². The maximum absolute atomic E-state index is 12.1. The van der Waals surface area contributed by atoms with E-state index >= 15 is 0 Å². The summed E-state index contributed by atoms with van der Waals surface area (Å²) in [6.07, 6.45) is -0.0292. The van der Waals surface area contributed by atoms with Gasteiger partial charge in [0, 0.05) is 0 Å². The molecule has 0 atom stereocenters. The van der Waals surface area contributed by atoms with Crippen molar-refractivity contribution < 1.29 is 17.9 Å². The Morgan fingerprint density at radius 2 is 2.00 bits per heavy atom. The number of sulfonamides is 1. The molecule has 0 aliphatic rings. The summed E-state index contributed by atoms with van der Waals surface area (Å²) in [6, 6.07) is 7.93. The molecule has 0 fully saturated rings. The van der Waals surface area contributed by atoms with Crippen LogP contribution in [0.4, 0.5) is 5.13 Å². The highest BCUT2D eigenvalue weighted by molar-refractivity contribution is 7.93. The Balaban J connectivity index is 2.07. The molecule has 2 aromatic rings. The molecular weight excluding hydrogens is 314 g/mol. The Kier molecular flexibility index (Phi) is 4.86. The van der Waals surface area contributed by atoms with E-state index < -0.39 is 16.0 Å². The Labute approximate surface area is 126 Å². The monoisotopic (exact) mass is 327 g/mol. The first-order chi connectivity index (χ1) is 10.0. The van der Waals surface area contributed by atoms with Gasteiger partial charge in [-0.05, 0) is 19.1 Å². The summed E-state index contributed by atoms with van der Waals surface area (Å²) in [6.45, 7) is 1.99. The van der Waals surface area contributed by atoms with Gasteiger partial charge in [0.05, 0.1) is 17.9 Å². The summed E-state index contributed by atoms with van der Waals surface area (Å²) >= 11 is 0.995. The zero-order chi connectivity index (χ0) is 15.3. The molecule has 0 amide bonds. The van der Waals surface area contributed by atoms with E-state index in [1.54, 1.807) is 25.1 Å². The molecule has 9 heteroatoms. The van der Waals surface area contributed by atoms with Crippen LogP contribution in [0.2, 0.25) is 0 Å². The van der Waals surface area contributed by atoms with E-state index in [-0.39, 0.29) is 23.1 Å².